The lowest BCUT2D eigenvalue weighted by atomic mass is 10.1. The van der Waals surface area contributed by atoms with Crippen LogP contribution in [0.1, 0.15) is 29.0 Å². The number of aromatic nitrogens is 3. The summed E-state index contributed by atoms with van der Waals surface area (Å²) < 4.78 is 0. The highest BCUT2D eigenvalue weighted by Crippen LogP contribution is 2.11. The average Bonchev–Trinajstić information content (AvgIpc) is 2.83. The SMILES string of the molecule is C[C@H](NC(=O)c1cn[nH]n1)c1ccccc1. The van der Waals surface area contributed by atoms with Crippen LogP contribution in [-0.4, -0.2) is 21.3 Å². The van der Waals surface area contributed by atoms with Crippen LogP contribution < -0.4 is 5.32 Å². The molecule has 0 fully saturated rings. The molecule has 0 bridgehead atoms. The van der Waals surface area contributed by atoms with Gasteiger partial charge in [0.25, 0.3) is 5.91 Å². The number of H-pyrrole nitrogens is 1. The Balaban J connectivity index is 2.03. The monoisotopic (exact) mass is 216 g/mol. The average molecular weight is 216 g/mol. The zero-order chi connectivity index (χ0) is 11.4. The maximum Gasteiger partial charge on any atom is 0.273 e. The molecule has 0 spiro atoms. The molecule has 0 aliphatic heterocycles. The molecular formula is C11H12N4O. The Morgan fingerprint density at radius 3 is 2.75 bits per heavy atom. The summed E-state index contributed by atoms with van der Waals surface area (Å²) in [6, 6.07) is 9.70. The first-order valence-corrected chi connectivity index (χ1v) is 4.99. The van der Waals surface area contributed by atoms with Gasteiger partial charge in [0, 0.05) is 0 Å². The minimum absolute atomic E-state index is 0.0506. The molecule has 0 saturated heterocycles. The van der Waals surface area contributed by atoms with E-state index >= 15 is 0 Å². The summed E-state index contributed by atoms with van der Waals surface area (Å²) in [7, 11) is 0. The Bertz CT molecular complexity index is 452. The number of aromatic amines is 1. The zero-order valence-corrected chi connectivity index (χ0v) is 8.84. The molecular weight excluding hydrogens is 204 g/mol. The van der Waals surface area contributed by atoms with E-state index in [9.17, 15) is 4.79 Å². The summed E-state index contributed by atoms with van der Waals surface area (Å²) in [5, 5.41) is 12.5. The molecule has 0 saturated carbocycles. The Morgan fingerprint density at radius 2 is 2.12 bits per heavy atom. The van der Waals surface area contributed by atoms with Crippen LogP contribution >= 0.6 is 0 Å². The first-order chi connectivity index (χ1) is 7.77. The lowest BCUT2D eigenvalue weighted by Crippen LogP contribution is -2.26. The van der Waals surface area contributed by atoms with E-state index in [4.69, 9.17) is 0 Å². The van der Waals surface area contributed by atoms with Crippen molar-refractivity contribution in [3.63, 3.8) is 0 Å². The zero-order valence-electron chi connectivity index (χ0n) is 8.84. The summed E-state index contributed by atoms with van der Waals surface area (Å²) in [5.41, 5.74) is 1.35. The van der Waals surface area contributed by atoms with Gasteiger partial charge >= 0.3 is 0 Å². The molecule has 1 aromatic heterocycles. The summed E-state index contributed by atoms with van der Waals surface area (Å²) in [4.78, 5) is 11.7. The molecule has 0 aliphatic carbocycles. The van der Waals surface area contributed by atoms with Crippen LogP contribution in [0.4, 0.5) is 0 Å². The highest BCUT2D eigenvalue weighted by molar-refractivity contribution is 5.92. The molecule has 1 atom stereocenters. The van der Waals surface area contributed by atoms with Gasteiger partial charge in [0.1, 0.15) is 0 Å². The lowest BCUT2D eigenvalue weighted by molar-refractivity contribution is 0.0935. The fraction of sp³-hybridized carbons (Fsp3) is 0.182. The van der Waals surface area contributed by atoms with Gasteiger partial charge in [-0.25, -0.2) is 0 Å². The molecule has 1 heterocycles. The van der Waals surface area contributed by atoms with Gasteiger partial charge in [0.2, 0.25) is 0 Å². The Morgan fingerprint density at radius 1 is 1.38 bits per heavy atom. The summed E-state index contributed by atoms with van der Waals surface area (Å²) in [5.74, 6) is -0.231. The summed E-state index contributed by atoms with van der Waals surface area (Å²) in [6.45, 7) is 1.92. The fourth-order valence-electron chi connectivity index (χ4n) is 1.41. The molecule has 2 aromatic rings. The second kappa shape index (κ2) is 4.57. The fourth-order valence-corrected chi connectivity index (χ4v) is 1.41. The van der Waals surface area contributed by atoms with E-state index in [0.717, 1.165) is 5.56 Å². The minimum atomic E-state index is -0.231. The van der Waals surface area contributed by atoms with Crippen molar-refractivity contribution in [3.8, 4) is 0 Å². The number of hydrogen-bond donors (Lipinski definition) is 2. The van der Waals surface area contributed by atoms with Gasteiger partial charge in [-0.05, 0) is 12.5 Å². The van der Waals surface area contributed by atoms with Gasteiger partial charge in [-0.3, -0.25) is 4.79 Å². The molecule has 1 amide bonds. The number of benzene rings is 1. The lowest BCUT2D eigenvalue weighted by Gasteiger charge is -2.12. The molecule has 2 N–H and O–H groups in total. The molecule has 0 radical (unpaired) electrons. The number of amides is 1. The van der Waals surface area contributed by atoms with E-state index in [1.54, 1.807) is 0 Å². The van der Waals surface area contributed by atoms with Crippen LogP contribution in [0.2, 0.25) is 0 Å². The van der Waals surface area contributed by atoms with Gasteiger partial charge in [-0.2, -0.15) is 15.4 Å². The van der Waals surface area contributed by atoms with Crippen LogP contribution in [0.3, 0.4) is 0 Å². The standard InChI is InChI=1S/C11H12N4O/c1-8(9-5-3-2-4-6-9)13-11(16)10-7-12-15-14-10/h2-8H,1H3,(H,13,16)(H,12,14,15)/t8-/m0/s1. The highest BCUT2D eigenvalue weighted by Gasteiger charge is 2.12. The Labute approximate surface area is 92.9 Å². The smallest absolute Gasteiger partial charge is 0.273 e. The Kier molecular flexibility index (Phi) is 2.95. The number of rotatable bonds is 3. The van der Waals surface area contributed by atoms with Gasteiger partial charge in [0.15, 0.2) is 5.69 Å². The molecule has 0 aliphatic rings. The van der Waals surface area contributed by atoms with Crippen molar-refractivity contribution >= 4 is 5.91 Å². The predicted octanol–water partition coefficient (Wildman–Crippen LogP) is 1.30. The minimum Gasteiger partial charge on any atom is -0.344 e. The number of nitrogens with zero attached hydrogens (tertiary/aromatic N) is 2. The highest BCUT2D eigenvalue weighted by atomic mass is 16.2. The van der Waals surface area contributed by atoms with Gasteiger partial charge in [0.05, 0.1) is 12.2 Å². The van der Waals surface area contributed by atoms with E-state index in [2.05, 4.69) is 20.7 Å². The van der Waals surface area contributed by atoms with Crippen molar-refractivity contribution < 1.29 is 4.79 Å². The Hall–Kier alpha value is -2.17. The molecule has 82 valence electrons. The van der Waals surface area contributed by atoms with E-state index in [1.165, 1.54) is 6.20 Å². The van der Waals surface area contributed by atoms with Crippen molar-refractivity contribution in [3.05, 3.63) is 47.8 Å². The molecule has 2 rings (SSSR count). The van der Waals surface area contributed by atoms with E-state index < -0.39 is 0 Å². The number of carbonyl (C=O) groups is 1. The predicted molar refractivity (Wildman–Crippen MR) is 58.7 cm³/mol. The van der Waals surface area contributed by atoms with Crippen molar-refractivity contribution in [1.82, 2.24) is 20.7 Å². The topological polar surface area (TPSA) is 70.7 Å². The third kappa shape index (κ3) is 2.25. The molecule has 5 nitrogen and oxygen atoms in total. The summed E-state index contributed by atoms with van der Waals surface area (Å²) in [6.07, 6.45) is 1.40. The normalized spacial score (nSPS) is 12.1. The van der Waals surface area contributed by atoms with Crippen LogP contribution in [0, 0.1) is 0 Å². The second-order valence-corrected chi connectivity index (χ2v) is 3.46. The van der Waals surface area contributed by atoms with Crippen LogP contribution in [0.25, 0.3) is 0 Å². The molecule has 1 aromatic carbocycles. The van der Waals surface area contributed by atoms with Crippen LogP contribution in [-0.2, 0) is 0 Å². The second-order valence-electron chi connectivity index (χ2n) is 3.46. The number of hydrogen-bond acceptors (Lipinski definition) is 3. The van der Waals surface area contributed by atoms with Crippen LogP contribution in [0.5, 0.6) is 0 Å². The third-order valence-electron chi connectivity index (χ3n) is 2.29. The van der Waals surface area contributed by atoms with Gasteiger partial charge in [-0.1, -0.05) is 30.3 Å². The summed E-state index contributed by atoms with van der Waals surface area (Å²) >= 11 is 0. The molecule has 5 heteroatoms. The van der Waals surface area contributed by atoms with Crippen LogP contribution in [0.15, 0.2) is 36.5 Å². The van der Waals surface area contributed by atoms with Crippen molar-refractivity contribution in [2.45, 2.75) is 13.0 Å². The van der Waals surface area contributed by atoms with Crippen molar-refractivity contribution in [1.29, 1.82) is 0 Å². The third-order valence-corrected chi connectivity index (χ3v) is 2.29. The van der Waals surface area contributed by atoms with Gasteiger partial charge in [-0.15, -0.1) is 0 Å². The van der Waals surface area contributed by atoms with E-state index in [-0.39, 0.29) is 11.9 Å². The maximum atomic E-state index is 11.7. The first-order valence-electron chi connectivity index (χ1n) is 4.99. The van der Waals surface area contributed by atoms with Gasteiger partial charge < -0.3 is 5.32 Å². The maximum absolute atomic E-state index is 11.7. The van der Waals surface area contributed by atoms with E-state index in [0.29, 0.717) is 5.69 Å². The largest absolute Gasteiger partial charge is 0.344 e. The quantitative estimate of drug-likeness (QED) is 0.812. The molecule has 16 heavy (non-hydrogen) atoms. The van der Waals surface area contributed by atoms with Crippen molar-refractivity contribution in [2.24, 2.45) is 0 Å². The van der Waals surface area contributed by atoms with Crippen molar-refractivity contribution in [2.75, 3.05) is 0 Å². The first kappa shape index (κ1) is 10.4. The number of nitrogens with one attached hydrogen (secondary N) is 2. The molecule has 0 unspecified atom stereocenters. The van der Waals surface area contributed by atoms with E-state index in [1.807, 2.05) is 37.3 Å². The number of carbonyl (C=O) groups excluding carboxylic acids is 1.